The first kappa shape index (κ1) is 32.0. The summed E-state index contributed by atoms with van der Waals surface area (Å²) in [5.74, 6) is -0.416. The molecule has 1 fully saturated rings. The lowest BCUT2D eigenvalue weighted by molar-refractivity contribution is -0.166. The zero-order chi connectivity index (χ0) is 25.7. The molecule has 0 radical (unpaired) electrons. The molecule has 5 atom stereocenters. The molecule has 0 saturated carbocycles. The average molecular weight is 503 g/mol. The third kappa shape index (κ3) is 15.0. The molecule has 4 N–H and O–H groups in total. The lowest BCUT2D eigenvalue weighted by atomic mass is 10.1. The predicted octanol–water partition coefficient (Wildman–Crippen LogP) is 3.43. The van der Waals surface area contributed by atoms with Crippen molar-refractivity contribution in [3.05, 3.63) is 12.2 Å². The molecule has 206 valence electrons. The molecule has 1 heterocycles. The maximum absolute atomic E-state index is 12.2. The molecule has 0 aromatic carbocycles. The van der Waals surface area contributed by atoms with Gasteiger partial charge in [-0.15, -0.1) is 0 Å². The van der Waals surface area contributed by atoms with E-state index in [2.05, 4.69) is 19.1 Å². The minimum atomic E-state index is -1.08. The Morgan fingerprint density at radius 2 is 1.54 bits per heavy atom. The number of hydrogen-bond acceptors (Lipinski definition) is 8. The van der Waals surface area contributed by atoms with E-state index in [1.54, 1.807) is 0 Å². The molecule has 8 heteroatoms. The number of unbranched alkanes of at least 4 members (excludes halogenated alkanes) is 11. The zero-order valence-corrected chi connectivity index (χ0v) is 21.7. The van der Waals surface area contributed by atoms with E-state index in [-0.39, 0.29) is 19.6 Å². The van der Waals surface area contributed by atoms with Crippen LogP contribution in [0.3, 0.4) is 0 Å². The van der Waals surface area contributed by atoms with Gasteiger partial charge >= 0.3 is 5.97 Å². The highest BCUT2D eigenvalue weighted by atomic mass is 16.6. The molecule has 0 aromatic heterocycles. The van der Waals surface area contributed by atoms with Gasteiger partial charge in [0.05, 0.1) is 26.4 Å². The first-order chi connectivity index (χ1) is 17.0. The van der Waals surface area contributed by atoms with Crippen LogP contribution in [-0.4, -0.2) is 83.3 Å². The second-order valence-electron chi connectivity index (χ2n) is 9.54. The summed E-state index contributed by atoms with van der Waals surface area (Å²) in [6.07, 6.45) is 15.5. The number of aliphatic hydroxyl groups is 4. The minimum absolute atomic E-state index is 0.0210. The Morgan fingerprint density at radius 3 is 2.14 bits per heavy atom. The summed E-state index contributed by atoms with van der Waals surface area (Å²) in [5.41, 5.74) is 0. The van der Waals surface area contributed by atoms with Crippen LogP contribution in [0.4, 0.5) is 0 Å². The highest BCUT2D eigenvalue weighted by Crippen LogP contribution is 2.23. The van der Waals surface area contributed by atoms with E-state index in [0.717, 1.165) is 38.5 Å². The second kappa shape index (κ2) is 21.1. The standard InChI is InChI=1S/C27H50O8/c1-2-3-4-5-6-7-8-9-10-11-12-13-14-15-16-17-25(32)35-24(19-29)27-26(23(31)21-34-27)33-20-22(30)18-28/h9-10,22-24,26-31H,2-8,11-21H2,1H3/b10-9-/t22?,23-,24+,26+,27+/m0/s1. The van der Waals surface area contributed by atoms with Crippen molar-refractivity contribution < 1.29 is 39.4 Å². The van der Waals surface area contributed by atoms with E-state index in [1.807, 2.05) is 0 Å². The number of carbonyl (C=O) groups excluding carboxylic acids is 1. The van der Waals surface area contributed by atoms with Crippen molar-refractivity contribution in [3.8, 4) is 0 Å². The number of hydrogen-bond donors (Lipinski definition) is 4. The summed E-state index contributed by atoms with van der Waals surface area (Å²) in [4.78, 5) is 12.2. The van der Waals surface area contributed by atoms with Crippen LogP contribution in [-0.2, 0) is 19.0 Å². The summed E-state index contributed by atoms with van der Waals surface area (Å²) < 4.78 is 16.3. The molecular formula is C27H50O8. The monoisotopic (exact) mass is 502 g/mol. The lowest BCUT2D eigenvalue weighted by Crippen LogP contribution is -2.45. The number of esters is 1. The molecular weight excluding hydrogens is 452 g/mol. The molecule has 1 unspecified atom stereocenters. The SMILES string of the molecule is CCCCCCCC/C=C\CCCCCCCC(=O)O[C@H](CO)[C@H]1OC[C@H](O)[C@H]1OCC(O)CO. The number of allylic oxidation sites excluding steroid dienone is 2. The summed E-state index contributed by atoms with van der Waals surface area (Å²) in [6.45, 7) is 1.10. The predicted molar refractivity (Wildman–Crippen MR) is 135 cm³/mol. The molecule has 0 aromatic rings. The number of aliphatic hydroxyl groups excluding tert-OH is 4. The molecule has 1 aliphatic heterocycles. The Kier molecular flexibility index (Phi) is 19.3. The van der Waals surface area contributed by atoms with E-state index in [9.17, 15) is 20.1 Å². The second-order valence-corrected chi connectivity index (χ2v) is 9.54. The van der Waals surface area contributed by atoms with Gasteiger partial charge in [-0.1, -0.05) is 70.4 Å². The third-order valence-electron chi connectivity index (χ3n) is 6.33. The Morgan fingerprint density at radius 1 is 0.943 bits per heavy atom. The maximum Gasteiger partial charge on any atom is 0.306 e. The van der Waals surface area contributed by atoms with Crippen molar-refractivity contribution in [3.63, 3.8) is 0 Å². The highest BCUT2D eigenvalue weighted by Gasteiger charge is 2.43. The fourth-order valence-electron chi connectivity index (χ4n) is 4.19. The summed E-state index contributed by atoms with van der Waals surface area (Å²) in [6, 6.07) is 0. The maximum atomic E-state index is 12.2. The van der Waals surface area contributed by atoms with Crippen LogP contribution >= 0.6 is 0 Å². The van der Waals surface area contributed by atoms with Gasteiger partial charge in [-0.05, 0) is 32.1 Å². The van der Waals surface area contributed by atoms with Crippen molar-refractivity contribution in [1.29, 1.82) is 0 Å². The minimum Gasteiger partial charge on any atom is -0.457 e. The lowest BCUT2D eigenvalue weighted by Gasteiger charge is -2.27. The summed E-state index contributed by atoms with van der Waals surface area (Å²) in [5, 5.41) is 38.1. The fraction of sp³-hybridized carbons (Fsp3) is 0.889. The van der Waals surface area contributed by atoms with E-state index < -0.39 is 49.7 Å². The number of ether oxygens (including phenoxy) is 3. The molecule has 0 spiro atoms. The zero-order valence-electron chi connectivity index (χ0n) is 21.7. The van der Waals surface area contributed by atoms with Gasteiger partial charge in [0.1, 0.15) is 24.4 Å². The fourth-order valence-corrected chi connectivity index (χ4v) is 4.19. The van der Waals surface area contributed by atoms with E-state index in [4.69, 9.17) is 19.3 Å². The van der Waals surface area contributed by atoms with Crippen molar-refractivity contribution in [2.45, 2.75) is 127 Å². The molecule has 0 bridgehead atoms. The van der Waals surface area contributed by atoms with E-state index in [1.165, 1.54) is 44.9 Å². The van der Waals surface area contributed by atoms with Crippen LogP contribution in [0, 0.1) is 0 Å². The van der Waals surface area contributed by atoms with Gasteiger partial charge < -0.3 is 34.6 Å². The van der Waals surface area contributed by atoms with Crippen molar-refractivity contribution in [2.75, 3.05) is 26.4 Å². The van der Waals surface area contributed by atoms with Crippen LogP contribution in [0.15, 0.2) is 12.2 Å². The molecule has 1 saturated heterocycles. The quantitative estimate of drug-likeness (QED) is 0.101. The Bertz CT molecular complexity index is 541. The molecule has 0 aliphatic carbocycles. The van der Waals surface area contributed by atoms with Gasteiger partial charge in [-0.25, -0.2) is 0 Å². The van der Waals surface area contributed by atoms with Crippen LogP contribution in [0.2, 0.25) is 0 Å². The van der Waals surface area contributed by atoms with Gasteiger partial charge in [-0.3, -0.25) is 4.79 Å². The van der Waals surface area contributed by atoms with Crippen molar-refractivity contribution >= 4 is 5.97 Å². The third-order valence-corrected chi connectivity index (χ3v) is 6.33. The Hall–Kier alpha value is -1.03. The summed E-state index contributed by atoms with van der Waals surface area (Å²) in [7, 11) is 0. The van der Waals surface area contributed by atoms with E-state index in [0.29, 0.717) is 0 Å². The molecule has 0 amide bonds. The molecule has 1 rings (SSSR count). The smallest absolute Gasteiger partial charge is 0.306 e. The largest absolute Gasteiger partial charge is 0.457 e. The Labute approximate surface area is 211 Å². The van der Waals surface area contributed by atoms with E-state index >= 15 is 0 Å². The van der Waals surface area contributed by atoms with Gasteiger partial charge in [0.15, 0.2) is 6.10 Å². The molecule has 8 nitrogen and oxygen atoms in total. The van der Waals surface area contributed by atoms with Crippen LogP contribution in [0.1, 0.15) is 96.8 Å². The van der Waals surface area contributed by atoms with Crippen LogP contribution in [0.25, 0.3) is 0 Å². The van der Waals surface area contributed by atoms with Gasteiger partial charge in [0.2, 0.25) is 0 Å². The van der Waals surface area contributed by atoms with Crippen molar-refractivity contribution in [1.82, 2.24) is 0 Å². The van der Waals surface area contributed by atoms with Crippen LogP contribution < -0.4 is 0 Å². The van der Waals surface area contributed by atoms with Crippen molar-refractivity contribution in [2.24, 2.45) is 0 Å². The highest BCUT2D eigenvalue weighted by molar-refractivity contribution is 5.69. The molecule has 35 heavy (non-hydrogen) atoms. The number of rotatable bonds is 22. The first-order valence-corrected chi connectivity index (χ1v) is 13.7. The van der Waals surface area contributed by atoms with Gasteiger partial charge in [0, 0.05) is 6.42 Å². The first-order valence-electron chi connectivity index (χ1n) is 13.7. The number of carbonyl (C=O) groups is 1. The van der Waals surface area contributed by atoms with Gasteiger partial charge in [-0.2, -0.15) is 0 Å². The topological polar surface area (TPSA) is 126 Å². The van der Waals surface area contributed by atoms with Crippen LogP contribution in [0.5, 0.6) is 0 Å². The average Bonchev–Trinajstić information content (AvgIpc) is 3.23. The summed E-state index contributed by atoms with van der Waals surface area (Å²) >= 11 is 0. The van der Waals surface area contributed by atoms with Gasteiger partial charge in [0.25, 0.3) is 0 Å². The normalized spacial score (nSPS) is 22.0. The Balaban J connectivity index is 2.11. The molecule has 1 aliphatic rings.